The lowest BCUT2D eigenvalue weighted by Crippen LogP contribution is -2.49. The Morgan fingerprint density at radius 2 is 2.15 bits per heavy atom. The first-order chi connectivity index (χ1) is 9.61. The van der Waals surface area contributed by atoms with Crippen molar-refractivity contribution in [2.75, 3.05) is 13.2 Å². The number of likely N-dealkylation sites (tertiary alicyclic amines) is 1. The Kier molecular flexibility index (Phi) is 3.10. The van der Waals surface area contributed by atoms with Gasteiger partial charge in [-0.2, -0.15) is 0 Å². The number of morpholine rings is 1. The van der Waals surface area contributed by atoms with Gasteiger partial charge in [0.15, 0.2) is 5.60 Å². The Bertz CT molecular complexity index is 532. The third-order valence-corrected chi connectivity index (χ3v) is 3.81. The van der Waals surface area contributed by atoms with E-state index in [2.05, 4.69) is 0 Å². The predicted octanol–water partition coefficient (Wildman–Crippen LogP) is 1.25. The minimum atomic E-state index is -1.24. The molecule has 2 aliphatic heterocycles. The second-order valence-electron chi connectivity index (χ2n) is 5.14. The molecule has 1 aromatic carbocycles. The summed E-state index contributed by atoms with van der Waals surface area (Å²) in [6.45, 7) is 0.497. The van der Waals surface area contributed by atoms with Crippen molar-refractivity contribution in [2.24, 2.45) is 0 Å². The van der Waals surface area contributed by atoms with E-state index in [0.717, 1.165) is 5.56 Å². The highest BCUT2D eigenvalue weighted by atomic mass is 16.6. The van der Waals surface area contributed by atoms with E-state index in [1.165, 1.54) is 4.90 Å². The van der Waals surface area contributed by atoms with Crippen LogP contribution in [0, 0.1) is 0 Å². The zero-order valence-corrected chi connectivity index (χ0v) is 10.8. The average molecular weight is 277 g/mol. The number of rotatable bonds is 3. The molecule has 2 heterocycles. The number of nitrogens with zero attached hydrogens (tertiary/aromatic N) is 1. The molecule has 2 aliphatic rings. The van der Waals surface area contributed by atoms with E-state index in [4.69, 9.17) is 9.47 Å². The van der Waals surface area contributed by atoms with Crippen LogP contribution >= 0.6 is 0 Å². The van der Waals surface area contributed by atoms with Gasteiger partial charge in [0.25, 0.3) is 0 Å². The van der Waals surface area contributed by atoms with Crippen LogP contribution in [0.4, 0.5) is 4.79 Å². The van der Waals surface area contributed by atoms with Crippen LogP contribution in [0.25, 0.3) is 0 Å². The van der Waals surface area contributed by atoms with Gasteiger partial charge in [0.05, 0.1) is 19.2 Å². The Balaban J connectivity index is 1.61. The standard InChI is InChI=1S/C14H15NO5/c16-12(17)14-6-11(8-20-14)15(9-14)13(18)19-7-10-4-2-1-3-5-10/h1-5,11H,6-9H2,(H,16,17). The van der Waals surface area contributed by atoms with E-state index in [0.29, 0.717) is 6.42 Å². The lowest BCUT2D eigenvalue weighted by molar-refractivity contribution is -0.162. The van der Waals surface area contributed by atoms with Gasteiger partial charge in [0.1, 0.15) is 6.61 Å². The van der Waals surface area contributed by atoms with Gasteiger partial charge < -0.3 is 14.6 Å². The molecule has 0 radical (unpaired) electrons. The molecular formula is C14H15NO5. The Morgan fingerprint density at radius 3 is 2.80 bits per heavy atom. The Labute approximate surface area is 115 Å². The van der Waals surface area contributed by atoms with Gasteiger partial charge in [-0.05, 0) is 5.56 Å². The zero-order valence-electron chi connectivity index (χ0n) is 10.8. The van der Waals surface area contributed by atoms with Crippen molar-refractivity contribution in [1.82, 2.24) is 4.90 Å². The molecule has 1 N–H and O–H groups in total. The molecule has 0 aromatic heterocycles. The van der Waals surface area contributed by atoms with E-state index in [9.17, 15) is 14.7 Å². The summed E-state index contributed by atoms with van der Waals surface area (Å²) in [5, 5.41) is 9.19. The Morgan fingerprint density at radius 1 is 1.40 bits per heavy atom. The van der Waals surface area contributed by atoms with Crippen LogP contribution in [0.5, 0.6) is 0 Å². The fourth-order valence-electron chi connectivity index (χ4n) is 2.70. The molecule has 2 saturated heterocycles. The van der Waals surface area contributed by atoms with Gasteiger partial charge in [-0.25, -0.2) is 9.59 Å². The normalized spacial score (nSPS) is 27.6. The van der Waals surface area contributed by atoms with E-state index in [-0.39, 0.29) is 25.8 Å². The summed E-state index contributed by atoms with van der Waals surface area (Å²) in [6.07, 6.45) is -0.145. The lowest BCUT2D eigenvalue weighted by Gasteiger charge is -2.29. The summed E-state index contributed by atoms with van der Waals surface area (Å²) in [4.78, 5) is 24.7. The molecule has 1 amide bonds. The van der Waals surface area contributed by atoms with Gasteiger partial charge in [-0.1, -0.05) is 30.3 Å². The van der Waals surface area contributed by atoms with Gasteiger partial charge >= 0.3 is 12.1 Å². The second-order valence-corrected chi connectivity index (χ2v) is 5.14. The van der Waals surface area contributed by atoms with Crippen LogP contribution in [0.2, 0.25) is 0 Å². The molecule has 3 rings (SSSR count). The van der Waals surface area contributed by atoms with Gasteiger partial charge in [-0.3, -0.25) is 4.90 Å². The van der Waals surface area contributed by atoms with Crippen molar-refractivity contribution >= 4 is 12.1 Å². The minimum absolute atomic E-state index is 0.0562. The summed E-state index contributed by atoms with van der Waals surface area (Å²) in [5.74, 6) is -1.02. The average Bonchev–Trinajstić information content (AvgIpc) is 3.05. The van der Waals surface area contributed by atoms with Crippen molar-refractivity contribution in [3.63, 3.8) is 0 Å². The molecule has 2 bridgehead atoms. The molecule has 0 spiro atoms. The van der Waals surface area contributed by atoms with Gasteiger partial charge in [0.2, 0.25) is 0 Å². The van der Waals surface area contributed by atoms with Gasteiger partial charge in [0, 0.05) is 6.42 Å². The quantitative estimate of drug-likeness (QED) is 0.900. The maximum atomic E-state index is 12.0. The number of carboxylic acid groups (broad SMARTS) is 1. The number of carbonyl (C=O) groups excluding carboxylic acids is 1. The summed E-state index contributed by atoms with van der Waals surface area (Å²) in [5.41, 5.74) is -0.342. The smallest absolute Gasteiger partial charge is 0.410 e. The van der Waals surface area contributed by atoms with Crippen molar-refractivity contribution in [3.05, 3.63) is 35.9 Å². The molecule has 20 heavy (non-hydrogen) atoms. The molecule has 2 fully saturated rings. The van der Waals surface area contributed by atoms with Crippen LogP contribution < -0.4 is 0 Å². The highest BCUT2D eigenvalue weighted by Crippen LogP contribution is 2.38. The first-order valence-corrected chi connectivity index (χ1v) is 6.45. The molecule has 2 unspecified atom stereocenters. The molecule has 0 aliphatic carbocycles. The van der Waals surface area contributed by atoms with Crippen molar-refractivity contribution in [3.8, 4) is 0 Å². The highest BCUT2D eigenvalue weighted by molar-refractivity contribution is 5.81. The molecule has 2 atom stereocenters. The van der Waals surface area contributed by atoms with Crippen molar-refractivity contribution < 1.29 is 24.2 Å². The third-order valence-electron chi connectivity index (χ3n) is 3.81. The molecule has 6 heteroatoms. The third kappa shape index (κ3) is 2.12. The highest BCUT2D eigenvalue weighted by Gasteiger charge is 2.58. The number of hydrogen-bond donors (Lipinski definition) is 1. The minimum Gasteiger partial charge on any atom is -0.479 e. The maximum absolute atomic E-state index is 12.0. The largest absolute Gasteiger partial charge is 0.479 e. The molecule has 1 aromatic rings. The first-order valence-electron chi connectivity index (χ1n) is 6.45. The van der Waals surface area contributed by atoms with Crippen molar-refractivity contribution in [2.45, 2.75) is 24.7 Å². The fourth-order valence-corrected chi connectivity index (χ4v) is 2.70. The van der Waals surface area contributed by atoms with Crippen LogP contribution in [0.15, 0.2) is 30.3 Å². The van der Waals surface area contributed by atoms with E-state index >= 15 is 0 Å². The van der Waals surface area contributed by atoms with Crippen molar-refractivity contribution in [1.29, 1.82) is 0 Å². The molecule has 6 nitrogen and oxygen atoms in total. The van der Waals surface area contributed by atoms with E-state index < -0.39 is 17.7 Å². The zero-order chi connectivity index (χ0) is 14.2. The number of aliphatic carboxylic acids is 1. The second kappa shape index (κ2) is 4.79. The number of amides is 1. The number of benzene rings is 1. The lowest BCUT2D eigenvalue weighted by atomic mass is 10.0. The fraction of sp³-hybridized carbons (Fsp3) is 0.429. The maximum Gasteiger partial charge on any atom is 0.410 e. The van der Waals surface area contributed by atoms with Crippen LogP contribution in [-0.4, -0.2) is 46.9 Å². The number of ether oxygens (including phenoxy) is 2. The van der Waals surface area contributed by atoms with Crippen LogP contribution in [0.3, 0.4) is 0 Å². The summed E-state index contributed by atoms with van der Waals surface area (Å²) < 4.78 is 10.5. The molecule has 0 saturated carbocycles. The monoisotopic (exact) mass is 277 g/mol. The first kappa shape index (κ1) is 12.9. The number of hydrogen-bond acceptors (Lipinski definition) is 4. The number of fused-ring (bicyclic) bond motifs is 2. The van der Waals surface area contributed by atoms with E-state index in [1.54, 1.807) is 0 Å². The van der Waals surface area contributed by atoms with E-state index in [1.807, 2.05) is 30.3 Å². The molecule has 106 valence electrons. The Hall–Kier alpha value is -2.08. The summed E-state index contributed by atoms with van der Waals surface area (Å²) in [6, 6.07) is 9.16. The van der Waals surface area contributed by atoms with Crippen LogP contribution in [0.1, 0.15) is 12.0 Å². The SMILES string of the molecule is O=C(OCc1ccccc1)N1CC2(C(=O)O)CC1CO2. The van der Waals surface area contributed by atoms with Crippen LogP contribution in [-0.2, 0) is 20.9 Å². The predicted molar refractivity (Wildman–Crippen MR) is 68.1 cm³/mol. The summed E-state index contributed by atoms with van der Waals surface area (Å²) >= 11 is 0. The number of carboxylic acids is 1. The number of carbonyl (C=O) groups is 2. The topological polar surface area (TPSA) is 76.1 Å². The molecular weight excluding hydrogens is 262 g/mol. The van der Waals surface area contributed by atoms with Gasteiger partial charge in [-0.15, -0.1) is 0 Å². The summed E-state index contributed by atoms with van der Waals surface area (Å²) in [7, 11) is 0.